The third kappa shape index (κ3) is 3.28. The van der Waals surface area contributed by atoms with E-state index in [9.17, 15) is 4.79 Å². The minimum atomic E-state index is 0.0656. The standard InChI is InChI=1S/C17H19N3O/c1-5-6-16-17(12(3)19-20-16)11(2)18-15-9-7-14(8-10-15)13(4)21/h5-10,18,20H,1H2,2-4H3/b16-6+,17-11+. The predicted octanol–water partition coefficient (Wildman–Crippen LogP) is 2.13. The number of rotatable bonds is 4. The topological polar surface area (TPSA) is 57.8 Å². The smallest absolute Gasteiger partial charge is 0.159 e. The molecule has 0 aliphatic rings. The first-order chi connectivity index (χ1) is 10.0. The van der Waals surface area contributed by atoms with Crippen molar-refractivity contribution in [3.8, 4) is 0 Å². The molecule has 0 aliphatic carbocycles. The number of aromatic nitrogens is 2. The zero-order valence-corrected chi connectivity index (χ0v) is 12.5. The van der Waals surface area contributed by atoms with Crippen molar-refractivity contribution in [2.24, 2.45) is 0 Å². The van der Waals surface area contributed by atoms with Gasteiger partial charge in [0.15, 0.2) is 5.78 Å². The van der Waals surface area contributed by atoms with Crippen molar-refractivity contribution in [1.82, 2.24) is 10.2 Å². The molecule has 2 aromatic rings. The largest absolute Gasteiger partial charge is 0.359 e. The summed E-state index contributed by atoms with van der Waals surface area (Å²) in [6.07, 6.45) is 3.62. The van der Waals surface area contributed by atoms with E-state index >= 15 is 0 Å². The summed E-state index contributed by atoms with van der Waals surface area (Å²) in [6, 6.07) is 7.42. The first-order valence-electron chi connectivity index (χ1n) is 6.75. The van der Waals surface area contributed by atoms with Crippen molar-refractivity contribution < 1.29 is 4.79 Å². The number of hydrogen-bond donors (Lipinski definition) is 2. The predicted molar refractivity (Wildman–Crippen MR) is 86.4 cm³/mol. The van der Waals surface area contributed by atoms with Crippen molar-refractivity contribution in [2.45, 2.75) is 20.8 Å². The maximum atomic E-state index is 11.3. The normalized spacial score (nSPS) is 13.0. The molecule has 2 rings (SSSR count). The van der Waals surface area contributed by atoms with E-state index < -0.39 is 0 Å². The Labute approximate surface area is 123 Å². The second kappa shape index (κ2) is 6.22. The Morgan fingerprint density at radius 2 is 1.95 bits per heavy atom. The Morgan fingerprint density at radius 3 is 2.52 bits per heavy atom. The number of nitrogens with zero attached hydrogens (tertiary/aromatic N) is 1. The molecule has 0 radical (unpaired) electrons. The quantitative estimate of drug-likeness (QED) is 0.844. The SMILES string of the molecule is C=C/C=c1/[nH]nc(C)/c1=C(/C)Nc1ccc(C(C)=O)cc1. The second-order valence-corrected chi connectivity index (χ2v) is 4.88. The van der Waals surface area contributed by atoms with E-state index in [2.05, 4.69) is 22.1 Å². The molecule has 1 heterocycles. The van der Waals surface area contributed by atoms with Gasteiger partial charge in [0.1, 0.15) is 0 Å². The lowest BCUT2D eigenvalue weighted by Gasteiger charge is -2.07. The Balaban J connectivity index is 2.41. The monoisotopic (exact) mass is 281 g/mol. The van der Waals surface area contributed by atoms with Gasteiger partial charge in [0.2, 0.25) is 0 Å². The van der Waals surface area contributed by atoms with Crippen LogP contribution in [-0.4, -0.2) is 16.0 Å². The molecule has 4 nitrogen and oxygen atoms in total. The molecule has 0 bridgehead atoms. The molecule has 0 unspecified atom stereocenters. The highest BCUT2D eigenvalue weighted by molar-refractivity contribution is 5.94. The molecule has 4 heteroatoms. The maximum absolute atomic E-state index is 11.3. The van der Waals surface area contributed by atoms with Crippen LogP contribution >= 0.6 is 0 Å². The van der Waals surface area contributed by atoms with E-state index in [0.717, 1.165) is 27.6 Å². The van der Waals surface area contributed by atoms with Crippen LogP contribution in [0.3, 0.4) is 0 Å². The van der Waals surface area contributed by atoms with Crippen LogP contribution in [-0.2, 0) is 0 Å². The molecule has 0 saturated heterocycles. The summed E-state index contributed by atoms with van der Waals surface area (Å²) in [6.45, 7) is 9.22. The highest BCUT2D eigenvalue weighted by Crippen LogP contribution is 2.12. The Morgan fingerprint density at radius 1 is 1.29 bits per heavy atom. The molecule has 0 fully saturated rings. The van der Waals surface area contributed by atoms with Gasteiger partial charge in [-0.25, -0.2) is 0 Å². The fourth-order valence-electron chi connectivity index (χ4n) is 2.23. The van der Waals surface area contributed by atoms with Crippen LogP contribution in [0.4, 0.5) is 5.69 Å². The number of carbonyl (C=O) groups is 1. The van der Waals surface area contributed by atoms with Gasteiger partial charge < -0.3 is 5.32 Å². The third-order valence-electron chi connectivity index (χ3n) is 3.26. The summed E-state index contributed by atoms with van der Waals surface area (Å²) in [5, 5.41) is 12.5. The number of Topliss-reactive ketones (excluding diaryl/α,β-unsaturated/α-hetero) is 1. The molecule has 0 saturated carbocycles. The maximum Gasteiger partial charge on any atom is 0.159 e. The van der Waals surface area contributed by atoms with Crippen molar-refractivity contribution >= 4 is 23.2 Å². The number of H-pyrrole nitrogens is 1. The second-order valence-electron chi connectivity index (χ2n) is 4.88. The van der Waals surface area contributed by atoms with Crippen molar-refractivity contribution in [1.29, 1.82) is 0 Å². The first-order valence-corrected chi connectivity index (χ1v) is 6.75. The summed E-state index contributed by atoms with van der Waals surface area (Å²) >= 11 is 0. The Bertz CT molecular complexity index is 782. The van der Waals surface area contributed by atoms with Crippen LogP contribution in [0, 0.1) is 6.92 Å². The molecule has 21 heavy (non-hydrogen) atoms. The molecule has 0 atom stereocenters. The van der Waals surface area contributed by atoms with E-state index in [1.807, 2.05) is 44.2 Å². The van der Waals surface area contributed by atoms with Gasteiger partial charge in [-0.15, -0.1) is 0 Å². The summed E-state index contributed by atoms with van der Waals surface area (Å²) in [5.41, 5.74) is 3.56. The van der Waals surface area contributed by atoms with Gasteiger partial charge in [0.05, 0.1) is 11.0 Å². The van der Waals surface area contributed by atoms with E-state index in [1.165, 1.54) is 0 Å². The number of aryl methyl sites for hydroxylation is 1. The van der Waals surface area contributed by atoms with Gasteiger partial charge in [-0.3, -0.25) is 9.89 Å². The lowest BCUT2D eigenvalue weighted by Crippen LogP contribution is -2.28. The van der Waals surface area contributed by atoms with E-state index in [-0.39, 0.29) is 5.78 Å². The number of benzene rings is 1. The average Bonchev–Trinajstić information content (AvgIpc) is 2.81. The Hall–Kier alpha value is -2.62. The molecule has 1 aromatic carbocycles. The number of aromatic amines is 1. The molecule has 0 amide bonds. The highest BCUT2D eigenvalue weighted by atomic mass is 16.1. The minimum Gasteiger partial charge on any atom is -0.359 e. The molecule has 0 aliphatic heterocycles. The fraction of sp³-hybridized carbons (Fsp3) is 0.176. The van der Waals surface area contributed by atoms with Gasteiger partial charge in [-0.1, -0.05) is 12.7 Å². The highest BCUT2D eigenvalue weighted by Gasteiger charge is 2.02. The molecule has 0 spiro atoms. The fourth-order valence-corrected chi connectivity index (χ4v) is 2.23. The van der Waals surface area contributed by atoms with Crippen LogP contribution in [0.1, 0.15) is 29.9 Å². The number of nitrogens with one attached hydrogen (secondary N) is 2. The van der Waals surface area contributed by atoms with Crippen LogP contribution in [0.2, 0.25) is 0 Å². The third-order valence-corrected chi connectivity index (χ3v) is 3.26. The lowest BCUT2D eigenvalue weighted by atomic mass is 10.1. The zero-order chi connectivity index (χ0) is 15.4. The molecular formula is C17H19N3O. The first kappa shape index (κ1) is 14.8. The summed E-state index contributed by atoms with van der Waals surface area (Å²) in [4.78, 5) is 11.3. The Kier molecular flexibility index (Phi) is 4.38. The van der Waals surface area contributed by atoms with Gasteiger partial charge in [0.25, 0.3) is 0 Å². The van der Waals surface area contributed by atoms with Crippen LogP contribution < -0.4 is 15.9 Å². The van der Waals surface area contributed by atoms with Crippen molar-refractivity contribution in [3.63, 3.8) is 0 Å². The number of hydrogen-bond acceptors (Lipinski definition) is 3. The number of carbonyl (C=O) groups excluding carboxylic acids is 1. The molecule has 108 valence electrons. The number of allylic oxidation sites excluding steroid dienone is 1. The summed E-state index contributed by atoms with van der Waals surface area (Å²) < 4.78 is 0. The van der Waals surface area contributed by atoms with Gasteiger partial charge in [0, 0.05) is 22.2 Å². The van der Waals surface area contributed by atoms with Gasteiger partial charge >= 0.3 is 0 Å². The van der Waals surface area contributed by atoms with Gasteiger partial charge in [-0.2, -0.15) is 5.10 Å². The number of anilines is 1. The van der Waals surface area contributed by atoms with Crippen LogP contribution in [0.15, 0.2) is 36.9 Å². The van der Waals surface area contributed by atoms with Crippen LogP contribution in [0.5, 0.6) is 0 Å². The molecular weight excluding hydrogens is 262 g/mol. The van der Waals surface area contributed by atoms with Crippen molar-refractivity contribution in [3.05, 3.63) is 58.7 Å². The summed E-state index contributed by atoms with van der Waals surface area (Å²) in [5.74, 6) is 0.0656. The molecule has 1 aromatic heterocycles. The van der Waals surface area contributed by atoms with Gasteiger partial charge in [-0.05, 0) is 51.1 Å². The van der Waals surface area contributed by atoms with Crippen LogP contribution in [0.25, 0.3) is 11.8 Å². The van der Waals surface area contributed by atoms with E-state index in [1.54, 1.807) is 13.0 Å². The zero-order valence-electron chi connectivity index (χ0n) is 12.5. The lowest BCUT2D eigenvalue weighted by molar-refractivity contribution is 0.101. The van der Waals surface area contributed by atoms with Crippen molar-refractivity contribution in [2.75, 3.05) is 5.32 Å². The minimum absolute atomic E-state index is 0.0656. The molecule has 2 N–H and O–H groups in total. The van der Waals surface area contributed by atoms with E-state index in [0.29, 0.717) is 5.56 Å². The number of ketones is 1. The average molecular weight is 281 g/mol. The summed E-state index contributed by atoms with van der Waals surface area (Å²) in [7, 11) is 0. The van der Waals surface area contributed by atoms with E-state index in [4.69, 9.17) is 0 Å².